The summed E-state index contributed by atoms with van der Waals surface area (Å²) in [5.41, 5.74) is 0.105. The summed E-state index contributed by atoms with van der Waals surface area (Å²) in [5.74, 6) is -0.791. The fourth-order valence-electron chi connectivity index (χ4n) is 2.43. The summed E-state index contributed by atoms with van der Waals surface area (Å²) in [4.78, 5) is 4.17. The van der Waals surface area contributed by atoms with E-state index in [2.05, 4.69) is 15.5 Å². The van der Waals surface area contributed by atoms with Gasteiger partial charge in [-0.25, -0.2) is 8.78 Å². The van der Waals surface area contributed by atoms with E-state index in [9.17, 15) is 8.78 Å². The van der Waals surface area contributed by atoms with Gasteiger partial charge in [-0.1, -0.05) is 11.2 Å². The Labute approximate surface area is 115 Å². The van der Waals surface area contributed by atoms with E-state index in [4.69, 9.17) is 4.52 Å². The minimum absolute atomic E-state index is 0.0933. The molecule has 2 aromatic rings. The number of benzene rings is 1. The number of aryl methyl sites for hydroxylation is 1. The summed E-state index contributed by atoms with van der Waals surface area (Å²) in [7, 11) is 0. The molecule has 1 aromatic carbocycles. The number of rotatable bonds is 2. The molecule has 0 spiro atoms. The molecule has 1 aliphatic rings. The number of hydrogen-bond acceptors (Lipinski definition) is 4. The highest BCUT2D eigenvalue weighted by molar-refractivity contribution is 5.56. The van der Waals surface area contributed by atoms with E-state index in [-0.39, 0.29) is 17.4 Å². The van der Waals surface area contributed by atoms with E-state index in [1.165, 1.54) is 12.1 Å². The Morgan fingerprint density at radius 2 is 2.20 bits per heavy atom. The molecule has 4 nitrogen and oxygen atoms in total. The molecule has 3 rings (SSSR count). The van der Waals surface area contributed by atoms with Gasteiger partial charge in [0.15, 0.2) is 5.82 Å². The molecule has 1 aromatic heterocycles. The van der Waals surface area contributed by atoms with Gasteiger partial charge in [0.25, 0.3) is 5.89 Å². The summed E-state index contributed by atoms with van der Waals surface area (Å²) in [6.45, 7) is 3.31. The van der Waals surface area contributed by atoms with Crippen LogP contribution in [-0.4, -0.2) is 23.2 Å². The maximum atomic E-state index is 14.0. The zero-order chi connectivity index (χ0) is 14.1. The van der Waals surface area contributed by atoms with Crippen molar-refractivity contribution in [2.75, 3.05) is 13.1 Å². The van der Waals surface area contributed by atoms with E-state index < -0.39 is 11.6 Å². The SMILES string of the molecule is Cc1ccc(F)c(-c2nc(C3CCCNC3)no2)c1F. The molecule has 20 heavy (non-hydrogen) atoms. The molecule has 0 saturated carbocycles. The van der Waals surface area contributed by atoms with Gasteiger partial charge < -0.3 is 9.84 Å². The van der Waals surface area contributed by atoms with Crippen LogP contribution < -0.4 is 5.32 Å². The zero-order valence-electron chi connectivity index (χ0n) is 11.1. The topological polar surface area (TPSA) is 51.0 Å². The Morgan fingerprint density at radius 3 is 2.95 bits per heavy atom. The second-order valence-electron chi connectivity index (χ2n) is 5.05. The molecule has 6 heteroatoms. The molecule has 0 aliphatic carbocycles. The van der Waals surface area contributed by atoms with Crippen LogP contribution in [0.5, 0.6) is 0 Å². The Morgan fingerprint density at radius 1 is 1.35 bits per heavy atom. The summed E-state index contributed by atoms with van der Waals surface area (Å²) >= 11 is 0. The highest BCUT2D eigenvalue weighted by Gasteiger charge is 2.24. The van der Waals surface area contributed by atoms with Crippen LogP contribution in [-0.2, 0) is 0 Å². The molecule has 106 valence electrons. The first-order valence-corrected chi connectivity index (χ1v) is 6.66. The van der Waals surface area contributed by atoms with Gasteiger partial charge >= 0.3 is 0 Å². The monoisotopic (exact) mass is 279 g/mol. The number of hydrogen-bond donors (Lipinski definition) is 1. The fourth-order valence-corrected chi connectivity index (χ4v) is 2.43. The summed E-state index contributed by atoms with van der Waals surface area (Å²) in [6, 6.07) is 2.59. The highest BCUT2D eigenvalue weighted by atomic mass is 19.1. The van der Waals surface area contributed by atoms with Gasteiger partial charge in [0, 0.05) is 12.5 Å². The Balaban J connectivity index is 1.96. The third-order valence-corrected chi connectivity index (χ3v) is 3.60. The third-order valence-electron chi connectivity index (χ3n) is 3.60. The van der Waals surface area contributed by atoms with Crippen LogP contribution in [0.1, 0.15) is 30.1 Å². The Hall–Kier alpha value is -1.82. The molecule has 1 N–H and O–H groups in total. The lowest BCUT2D eigenvalue weighted by Gasteiger charge is -2.19. The zero-order valence-corrected chi connectivity index (χ0v) is 11.1. The van der Waals surface area contributed by atoms with Gasteiger partial charge in [-0.3, -0.25) is 0 Å². The number of aromatic nitrogens is 2. The van der Waals surface area contributed by atoms with Crippen LogP contribution in [0.3, 0.4) is 0 Å². The molecule has 2 heterocycles. The summed E-state index contributed by atoms with van der Waals surface area (Å²) in [5, 5.41) is 7.11. The van der Waals surface area contributed by atoms with Crippen molar-refractivity contribution in [2.24, 2.45) is 0 Å². The second kappa shape index (κ2) is 5.28. The van der Waals surface area contributed by atoms with E-state index >= 15 is 0 Å². The first kappa shape index (κ1) is 13.2. The lowest BCUT2D eigenvalue weighted by Crippen LogP contribution is -2.28. The Kier molecular flexibility index (Phi) is 3.48. The molecule has 0 radical (unpaired) electrons. The minimum Gasteiger partial charge on any atom is -0.334 e. The molecule has 1 saturated heterocycles. The number of nitrogens with zero attached hydrogens (tertiary/aromatic N) is 2. The summed E-state index contributed by atoms with van der Waals surface area (Å²) < 4.78 is 32.9. The molecule has 1 unspecified atom stereocenters. The van der Waals surface area contributed by atoms with Crippen molar-refractivity contribution in [3.63, 3.8) is 0 Å². The quantitative estimate of drug-likeness (QED) is 0.918. The van der Waals surface area contributed by atoms with Crippen LogP contribution >= 0.6 is 0 Å². The van der Waals surface area contributed by atoms with Gasteiger partial charge in [0.05, 0.1) is 0 Å². The number of piperidine rings is 1. The van der Waals surface area contributed by atoms with Crippen molar-refractivity contribution in [1.29, 1.82) is 0 Å². The summed E-state index contributed by atoms with van der Waals surface area (Å²) in [6.07, 6.45) is 1.98. The van der Waals surface area contributed by atoms with Crippen molar-refractivity contribution in [1.82, 2.24) is 15.5 Å². The van der Waals surface area contributed by atoms with Crippen LogP contribution in [0.2, 0.25) is 0 Å². The largest absolute Gasteiger partial charge is 0.334 e. The van der Waals surface area contributed by atoms with Gasteiger partial charge in [-0.05, 0) is 37.9 Å². The maximum Gasteiger partial charge on any atom is 0.263 e. The predicted molar refractivity (Wildman–Crippen MR) is 69.2 cm³/mol. The average molecular weight is 279 g/mol. The molecule has 1 fully saturated rings. The van der Waals surface area contributed by atoms with Crippen molar-refractivity contribution in [3.8, 4) is 11.5 Å². The molecule has 0 amide bonds. The van der Waals surface area contributed by atoms with Crippen molar-refractivity contribution >= 4 is 0 Å². The number of nitrogens with one attached hydrogen (secondary N) is 1. The standard InChI is InChI=1S/C14H15F2N3O/c1-8-4-5-10(15)11(12(8)16)14-18-13(19-20-14)9-3-2-6-17-7-9/h4-5,9,17H,2-3,6-7H2,1H3. The van der Waals surface area contributed by atoms with Crippen LogP contribution in [0, 0.1) is 18.6 Å². The van der Waals surface area contributed by atoms with E-state index in [0.717, 1.165) is 25.9 Å². The molecular formula is C14H15F2N3O. The predicted octanol–water partition coefficient (Wildman–Crippen LogP) is 2.79. The molecular weight excluding hydrogens is 264 g/mol. The van der Waals surface area contributed by atoms with Gasteiger partial charge in [0.1, 0.15) is 17.2 Å². The lowest BCUT2D eigenvalue weighted by atomic mass is 9.99. The third kappa shape index (κ3) is 2.31. The van der Waals surface area contributed by atoms with Crippen molar-refractivity contribution in [2.45, 2.75) is 25.7 Å². The molecule has 0 bridgehead atoms. The van der Waals surface area contributed by atoms with E-state index in [1.807, 2.05) is 0 Å². The smallest absolute Gasteiger partial charge is 0.263 e. The van der Waals surface area contributed by atoms with Crippen LogP contribution in [0.15, 0.2) is 16.7 Å². The Bertz CT molecular complexity index is 621. The van der Waals surface area contributed by atoms with Gasteiger partial charge in [-0.2, -0.15) is 4.98 Å². The van der Waals surface area contributed by atoms with Crippen LogP contribution in [0.25, 0.3) is 11.5 Å². The lowest BCUT2D eigenvalue weighted by molar-refractivity contribution is 0.391. The fraction of sp³-hybridized carbons (Fsp3) is 0.429. The van der Waals surface area contributed by atoms with E-state index in [0.29, 0.717) is 11.4 Å². The number of halogens is 2. The maximum absolute atomic E-state index is 14.0. The first-order valence-electron chi connectivity index (χ1n) is 6.66. The highest BCUT2D eigenvalue weighted by Crippen LogP contribution is 2.29. The normalized spacial score (nSPS) is 19.2. The molecule has 1 aliphatic heterocycles. The average Bonchev–Trinajstić information content (AvgIpc) is 2.94. The second-order valence-corrected chi connectivity index (χ2v) is 5.05. The van der Waals surface area contributed by atoms with Crippen molar-refractivity contribution in [3.05, 3.63) is 35.2 Å². The van der Waals surface area contributed by atoms with Crippen LogP contribution in [0.4, 0.5) is 8.78 Å². The van der Waals surface area contributed by atoms with Gasteiger partial charge in [-0.15, -0.1) is 0 Å². The minimum atomic E-state index is -0.690. The van der Waals surface area contributed by atoms with E-state index in [1.54, 1.807) is 6.92 Å². The molecule has 1 atom stereocenters. The van der Waals surface area contributed by atoms with Gasteiger partial charge in [0.2, 0.25) is 0 Å². The first-order chi connectivity index (χ1) is 9.66. The van der Waals surface area contributed by atoms with Crippen molar-refractivity contribution < 1.29 is 13.3 Å².